The Hall–Kier alpha value is -1.14. The lowest BCUT2D eigenvalue weighted by atomic mass is 10.5. The topological polar surface area (TPSA) is 69.6 Å². The van der Waals surface area contributed by atoms with Crippen LogP contribution in [0.2, 0.25) is 5.02 Å². The lowest BCUT2D eigenvalue weighted by Crippen LogP contribution is -2.02. The summed E-state index contributed by atoms with van der Waals surface area (Å²) < 4.78 is 2.36. The summed E-state index contributed by atoms with van der Waals surface area (Å²) in [6, 6.07) is 0. The first-order valence-corrected chi connectivity index (χ1v) is 4.82. The molecule has 2 rings (SSSR count). The molecule has 0 bridgehead atoms. The maximum Gasteiger partial charge on any atom is 0.177 e. The second-order valence-electron chi connectivity index (χ2n) is 2.50. The van der Waals surface area contributed by atoms with Crippen molar-refractivity contribution >= 4 is 33.3 Å². The molecule has 0 atom stereocenters. The van der Waals surface area contributed by atoms with E-state index in [9.17, 15) is 0 Å². The predicted octanol–water partition coefficient (Wildman–Crippen LogP) is 1.66. The van der Waals surface area contributed by atoms with Gasteiger partial charge in [-0.1, -0.05) is 11.6 Å². The smallest absolute Gasteiger partial charge is 0.177 e. The molecule has 14 heavy (non-hydrogen) atoms. The standard InChI is InChI=1S/C7H5BrClN5/c8-4-1-13-14(2-4)7-5(9)6(10)11-3-12-7/h1-3H,(H2,10,11,12). The van der Waals surface area contributed by atoms with Gasteiger partial charge in [-0.3, -0.25) is 0 Å². The first-order chi connectivity index (χ1) is 6.68. The van der Waals surface area contributed by atoms with E-state index in [4.69, 9.17) is 17.3 Å². The van der Waals surface area contributed by atoms with Gasteiger partial charge in [0, 0.05) is 6.20 Å². The average molecular weight is 275 g/mol. The van der Waals surface area contributed by atoms with E-state index in [-0.39, 0.29) is 5.82 Å². The number of aromatic nitrogens is 4. The van der Waals surface area contributed by atoms with Crippen LogP contribution in [0.4, 0.5) is 5.82 Å². The summed E-state index contributed by atoms with van der Waals surface area (Å²) in [4.78, 5) is 7.73. The van der Waals surface area contributed by atoms with Gasteiger partial charge in [-0.05, 0) is 15.9 Å². The minimum Gasteiger partial charge on any atom is -0.382 e. The largest absolute Gasteiger partial charge is 0.382 e. The van der Waals surface area contributed by atoms with E-state index in [0.717, 1.165) is 4.47 Å². The van der Waals surface area contributed by atoms with Crippen molar-refractivity contribution < 1.29 is 0 Å². The molecule has 0 radical (unpaired) electrons. The molecule has 5 nitrogen and oxygen atoms in total. The zero-order chi connectivity index (χ0) is 10.1. The van der Waals surface area contributed by atoms with Gasteiger partial charge in [0.25, 0.3) is 0 Å². The maximum atomic E-state index is 5.91. The first-order valence-electron chi connectivity index (χ1n) is 3.65. The fourth-order valence-electron chi connectivity index (χ4n) is 0.950. The van der Waals surface area contributed by atoms with Crippen molar-refractivity contribution in [3.8, 4) is 5.82 Å². The molecule has 0 saturated carbocycles. The summed E-state index contributed by atoms with van der Waals surface area (Å²) in [7, 11) is 0. The summed E-state index contributed by atoms with van der Waals surface area (Å²) in [5, 5.41) is 4.32. The Morgan fingerprint density at radius 3 is 2.86 bits per heavy atom. The molecule has 0 fully saturated rings. The molecule has 0 saturated heterocycles. The minimum atomic E-state index is 0.239. The van der Waals surface area contributed by atoms with Crippen molar-refractivity contribution in [2.24, 2.45) is 0 Å². The minimum absolute atomic E-state index is 0.239. The number of nitrogens with two attached hydrogens (primary N) is 1. The normalized spacial score (nSPS) is 10.4. The summed E-state index contributed by atoms with van der Waals surface area (Å²) >= 11 is 9.18. The van der Waals surface area contributed by atoms with Crippen molar-refractivity contribution in [2.45, 2.75) is 0 Å². The number of halogens is 2. The zero-order valence-electron chi connectivity index (χ0n) is 6.85. The Kier molecular flexibility index (Phi) is 2.39. The van der Waals surface area contributed by atoms with Crippen molar-refractivity contribution in [1.82, 2.24) is 19.7 Å². The fourth-order valence-corrected chi connectivity index (χ4v) is 1.42. The molecule has 0 aliphatic carbocycles. The van der Waals surface area contributed by atoms with E-state index in [0.29, 0.717) is 10.8 Å². The van der Waals surface area contributed by atoms with E-state index < -0.39 is 0 Å². The monoisotopic (exact) mass is 273 g/mol. The van der Waals surface area contributed by atoms with Gasteiger partial charge >= 0.3 is 0 Å². The van der Waals surface area contributed by atoms with Crippen LogP contribution in [-0.4, -0.2) is 19.7 Å². The van der Waals surface area contributed by atoms with Crippen LogP contribution in [0.5, 0.6) is 0 Å². The Balaban J connectivity index is 2.57. The van der Waals surface area contributed by atoms with Crippen LogP contribution in [0, 0.1) is 0 Å². The van der Waals surface area contributed by atoms with Crippen LogP contribution in [0.3, 0.4) is 0 Å². The number of hydrogen-bond donors (Lipinski definition) is 1. The molecule has 2 aromatic heterocycles. The van der Waals surface area contributed by atoms with Gasteiger partial charge < -0.3 is 5.73 Å². The van der Waals surface area contributed by atoms with Gasteiger partial charge in [0.1, 0.15) is 17.2 Å². The highest BCUT2D eigenvalue weighted by Crippen LogP contribution is 2.22. The Labute approximate surface area is 93.0 Å². The molecule has 2 N–H and O–H groups in total. The molecule has 7 heteroatoms. The van der Waals surface area contributed by atoms with Gasteiger partial charge in [-0.25, -0.2) is 14.6 Å². The van der Waals surface area contributed by atoms with Crippen LogP contribution < -0.4 is 5.73 Å². The molecule has 0 unspecified atom stereocenters. The van der Waals surface area contributed by atoms with Gasteiger partial charge in [-0.15, -0.1) is 0 Å². The highest BCUT2D eigenvalue weighted by molar-refractivity contribution is 9.10. The second-order valence-corrected chi connectivity index (χ2v) is 3.79. The molecule has 0 amide bonds. The van der Waals surface area contributed by atoms with E-state index >= 15 is 0 Å². The molecule has 2 heterocycles. The zero-order valence-corrected chi connectivity index (χ0v) is 9.20. The van der Waals surface area contributed by atoms with E-state index in [2.05, 4.69) is 31.0 Å². The lowest BCUT2D eigenvalue weighted by molar-refractivity contribution is 0.841. The molecule has 2 aromatic rings. The van der Waals surface area contributed by atoms with E-state index in [1.165, 1.54) is 11.0 Å². The number of anilines is 1. The highest BCUT2D eigenvalue weighted by atomic mass is 79.9. The van der Waals surface area contributed by atoms with Crippen LogP contribution >= 0.6 is 27.5 Å². The van der Waals surface area contributed by atoms with Crippen molar-refractivity contribution in [3.63, 3.8) is 0 Å². The number of hydrogen-bond acceptors (Lipinski definition) is 4. The van der Waals surface area contributed by atoms with E-state index in [1.807, 2.05) is 0 Å². The van der Waals surface area contributed by atoms with Crippen LogP contribution in [0.25, 0.3) is 5.82 Å². The Bertz CT molecular complexity index is 469. The third-order valence-electron chi connectivity index (χ3n) is 1.57. The van der Waals surface area contributed by atoms with Crippen molar-refractivity contribution in [2.75, 3.05) is 5.73 Å². The Morgan fingerprint density at radius 2 is 2.21 bits per heavy atom. The van der Waals surface area contributed by atoms with Crippen LogP contribution in [0.1, 0.15) is 0 Å². The molecule has 0 spiro atoms. The molecular formula is C7H5BrClN5. The average Bonchev–Trinajstić information content (AvgIpc) is 2.57. The SMILES string of the molecule is Nc1ncnc(-n2cc(Br)cn2)c1Cl. The van der Waals surface area contributed by atoms with E-state index in [1.54, 1.807) is 12.4 Å². The number of nitrogens with zero attached hydrogens (tertiary/aromatic N) is 4. The lowest BCUT2D eigenvalue weighted by Gasteiger charge is -2.03. The van der Waals surface area contributed by atoms with Crippen molar-refractivity contribution in [3.05, 3.63) is 28.2 Å². The van der Waals surface area contributed by atoms with Crippen LogP contribution in [-0.2, 0) is 0 Å². The quantitative estimate of drug-likeness (QED) is 0.858. The maximum absolute atomic E-state index is 5.91. The van der Waals surface area contributed by atoms with Crippen molar-refractivity contribution in [1.29, 1.82) is 0 Å². The van der Waals surface area contributed by atoms with Gasteiger partial charge in [0.15, 0.2) is 5.82 Å². The van der Waals surface area contributed by atoms with Gasteiger partial charge in [-0.2, -0.15) is 5.10 Å². The number of nitrogen functional groups attached to an aromatic ring is 1. The third-order valence-corrected chi connectivity index (χ3v) is 2.34. The highest BCUT2D eigenvalue weighted by Gasteiger charge is 2.08. The molecule has 0 aliphatic rings. The summed E-state index contributed by atoms with van der Waals surface area (Å²) in [5.74, 6) is 0.702. The summed E-state index contributed by atoms with van der Waals surface area (Å²) in [6.07, 6.45) is 4.70. The third kappa shape index (κ3) is 1.58. The van der Waals surface area contributed by atoms with Gasteiger partial charge in [0.05, 0.1) is 10.7 Å². The molecule has 0 aromatic carbocycles. The molecule has 0 aliphatic heterocycles. The Morgan fingerprint density at radius 1 is 1.43 bits per heavy atom. The first kappa shape index (κ1) is 9.42. The second kappa shape index (κ2) is 3.55. The summed E-state index contributed by atoms with van der Waals surface area (Å²) in [5.41, 5.74) is 5.53. The fraction of sp³-hybridized carbons (Fsp3) is 0. The van der Waals surface area contributed by atoms with Crippen LogP contribution in [0.15, 0.2) is 23.2 Å². The molecular weight excluding hydrogens is 269 g/mol. The molecule has 72 valence electrons. The summed E-state index contributed by atoms with van der Waals surface area (Å²) in [6.45, 7) is 0. The number of rotatable bonds is 1. The predicted molar refractivity (Wildman–Crippen MR) is 56.3 cm³/mol. The van der Waals surface area contributed by atoms with Gasteiger partial charge in [0.2, 0.25) is 0 Å².